The van der Waals surface area contributed by atoms with E-state index in [0.717, 1.165) is 54.2 Å². The normalized spacial score (nSPS) is 22.7. The van der Waals surface area contributed by atoms with E-state index in [1.54, 1.807) is 13.3 Å². The van der Waals surface area contributed by atoms with E-state index in [2.05, 4.69) is 33.9 Å². The number of hydrogen-bond acceptors (Lipinski definition) is 8. The topological polar surface area (TPSA) is 93.8 Å². The van der Waals surface area contributed by atoms with E-state index >= 15 is 0 Å². The summed E-state index contributed by atoms with van der Waals surface area (Å²) in [5.74, 6) is 4.22. The van der Waals surface area contributed by atoms with Gasteiger partial charge in [0, 0.05) is 51.0 Å². The molecular weight excluding hydrogens is 458 g/mol. The van der Waals surface area contributed by atoms with Gasteiger partial charge in [0.05, 0.1) is 19.1 Å². The van der Waals surface area contributed by atoms with Gasteiger partial charge in [-0.05, 0) is 62.0 Å². The fourth-order valence-corrected chi connectivity index (χ4v) is 5.54. The Morgan fingerprint density at radius 3 is 2.69 bits per heavy atom. The Kier molecular flexibility index (Phi) is 7.46. The molecule has 0 spiro atoms. The lowest BCUT2D eigenvalue weighted by Crippen LogP contribution is -2.54. The van der Waals surface area contributed by atoms with Crippen LogP contribution in [0.3, 0.4) is 0 Å². The molecule has 0 bridgehead atoms. The van der Waals surface area contributed by atoms with Crippen LogP contribution in [0.5, 0.6) is 5.88 Å². The van der Waals surface area contributed by atoms with Crippen molar-refractivity contribution in [3.05, 3.63) is 29.2 Å². The molecule has 0 unspecified atom stereocenters. The molecule has 2 aliphatic heterocycles. The molecule has 0 N–H and O–H groups in total. The minimum atomic E-state index is 0.126. The standard InChI is InChI=1S/C27H39N5O4/c1-17(2)25-29-27(36-30-25)31-8-5-20(6-9-31)23-13-21(23)7-10-35-26-18(3)11-19(14-28-26)12-24(33)32-15-22(16-32)34-4/h11,14,17,20-23H,5-10,12-13,15-16H2,1-4H3/t21-,23-/m1/s1. The summed E-state index contributed by atoms with van der Waals surface area (Å²) in [6, 6.07) is 2.70. The molecule has 2 aromatic rings. The molecule has 3 aliphatic rings. The van der Waals surface area contributed by atoms with Gasteiger partial charge >= 0.3 is 6.01 Å². The molecule has 2 atom stereocenters. The lowest BCUT2D eigenvalue weighted by atomic mass is 9.90. The summed E-state index contributed by atoms with van der Waals surface area (Å²) in [4.78, 5) is 25.5. The number of methoxy groups -OCH3 is 1. The molecule has 3 fully saturated rings. The number of ether oxygens (including phenoxy) is 2. The van der Waals surface area contributed by atoms with Crippen molar-refractivity contribution in [1.82, 2.24) is 20.0 Å². The minimum absolute atomic E-state index is 0.126. The third-order valence-corrected chi connectivity index (χ3v) is 8.04. The molecule has 1 saturated carbocycles. The fraction of sp³-hybridized carbons (Fsp3) is 0.704. The second-order valence-electron chi connectivity index (χ2n) is 11.0. The Balaban J connectivity index is 1.01. The number of hydrogen-bond donors (Lipinski definition) is 0. The molecule has 0 aromatic carbocycles. The number of piperidine rings is 1. The molecule has 2 aromatic heterocycles. The first kappa shape index (κ1) is 25.0. The molecular formula is C27H39N5O4. The minimum Gasteiger partial charge on any atom is -0.477 e. The van der Waals surface area contributed by atoms with Crippen LogP contribution in [0.2, 0.25) is 0 Å². The molecule has 1 amide bonds. The van der Waals surface area contributed by atoms with Crippen LogP contribution in [0.15, 0.2) is 16.8 Å². The maximum Gasteiger partial charge on any atom is 0.324 e. The monoisotopic (exact) mass is 497 g/mol. The quantitative estimate of drug-likeness (QED) is 0.491. The Labute approximate surface area is 213 Å². The summed E-state index contributed by atoms with van der Waals surface area (Å²) in [6.07, 6.45) is 7.08. The van der Waals surface area contributed by atoms with Crippen LogP contribution < -0.4 is 9.64 Å². The van der Waals surface area contributed by atoms with Gasteiger partial charge in [0.2, 0.25) is 11.8 Å². The van der Waals surface area contributed by atoms with E-state index in [1.807, 2.05) is 17.9 Å². The first-order valence-corrected chi connectivity index (χ1v) is 13.4. The summed E-state index contributed by atoms with van der Waals surface area (Å²) >= 11 is 0. The number of amides is 1. The van der Waals surface area contributed by atoms with Crippen LogP contribution in [0.25, 0.3) is 0 Å². The average molecular weight is 498 g/mol. The number of nitrogens with zero attached hydrogens (tertiary/aromatic N) is 5. The van der Waals surface area contributed by atoms with Crippen molar-refractivity contribution in [3.8, 4) is 5.88 Å². The van der Waals surface area contributed by atoms with Crippen molar-refractivity contribution < 1.29 is 18.8 Å². The highest BCUT2D eigenvalue weighted by Crippen LogP contribution is 2.50. The Hall–Kier alpha value is -2.68. The second kappa shape index (κ2) is 10.7. The van der Waals surface area contributed by atoms with E-state index in [-0.39, 0.29) is 17.9 Å². The van der Waals surface area contributed by atoms with Crippen molar-refractivity contribution in [3.63, 3.8) is 0 Å². The van der Waals surface area contributed by atoms with Crippen molar-refractivity contribution in [2.45, 2.75) is 64.9 Å². The van der Waals surface area contributed by atoms with E-state index in [9.17, 15) is 4.79 Å². The number of aryl methyl sites for hydroxylation is 1. The lowest BCUT2D eigenvalue weighted by Gasteiger charge is -2.38. The van der Waals surface area contributed by atoms with Crippen molar-refractivity contribution >= 4 is 11.9 Å². The second-order valence-corrected chi connectivity index (χ2v) is 11.0. The van der Waals surface area contributed by atoms with Gasteiger partial charge < -0.3 is 23.8 Å². The van der Waals surface area contributed by atoms with E-state index in [4.69, 9.17) is 14.0 Å². The van der Waals surface area contributed by atoms with Crippen LogP contribution in [-0.4, -0.2) is 71.9 Å². The summed E-state index contributed by atoms with van der Waals surface area (Å²) in [7, 11) is 1.69. The Bertz CT molecular complexity index is 1040. The number of pyridine rings is 1. The van der Waals surface area contributed by atoms with Crippen LogP contribution in [-0.2, 0) is 16.0 Å². The van der Waals surface area contributed by atoms with Gasteiger partial charge in [-0.2, -0.15) is 4.98 Å². The average Bonchev–Trinajstić information content (AvgIpc) is 3.42. The van der Waals surface area contributed by atoms with Crippen LogP contribution >= 0.6 is 0 Å². The maximum atomic E-state index is 12.4. The molecule has 196 valence electrons. The van der Waals surface area contributed by atoms with E-state index < -0.39 is 0 Å². The molecule has 1 aliphatic carbocycles. The number of rotatable bonds is 10. The fourth-order valence-electron chi connectivity index (χ4n) is 5.54. The van der Waals surface area contributed by atoms with Gasteiger partial charge in [0.1, 0.15) is 0 Å². The Morgan fingerprint density at radius 1 is 1.25 bits per heavy atom. The lowest BCUT2D eigenvalue weighted by molar-refractivity contribution is -0.142. The molecule has 9 nitrogen and oxygen atoms in total. The predicted octanol–water partition coefficient (Wildman–Crippen LogP) is 3.62. The summed E-state index contributed by atoms with van der Waals surface area (Å²) in [5, 5.41) is 4.10. The van der Waals surface area contributed by atoms with Crippen molar-refractivity contribution in [1.29, 1.82) is 0 Å². The summed E-state index contributed by atoms with van der Waals surface area (Å²) < 4.78 is 16.8. The van der Waals surface area contributed by atoms with Crippen molar-refractivity contribution in [2.24, 2.45) is 17.8 Å². The summed E-state index contributed by atoms with van der Waals surface area (Å²) in [5.41, 5.74) is 1.92. The highest BCUT2D eigenvalue weighted by Gasteiger charge is 2.43. The maximum absolute atomic E-state index is 12.4. The summed E-state index contributed by atoms with van der Waals surface area (Å²) in [6.45, 7) is 10.2. The van der Waals surface area contributed by atoms with Gasteiger partial charge in [0.25, 0.3) is 0 Å². The van der Waals surface area contributed by atoms with Crippen LogP contribution in [0.1, 0.15) is 62.4 Å². The zero-order chi connectivity index (χ0) is 25.2. The Morgan fingerprint density at radius 2 is 2.03 bits per heavy atom. The van der Waals surface area contributed by atoms with E-state index in [1.165, 1.54) is 19.3 Å². The number of likely N-dealkylation sites (tertiary alicyclic amines) is 1. The zero-order valence-corrected chi connectivity index (χ0v) is 22.0. The third kappa shape index (κ3) is 5.66. The van der Waals surface area contributed by atoms with Crippen LogP contribution in [0, 0.1) is 24.7 Å². The molecule has 9 heteroatoms. The first-order valence-electron chi connectivity index (χ1n) is 13.4. The molecule has 5 rings (SSSR count). The molecule has 4 heterocycles. The van der Waals surface area contributed by atoms with Gasteiger partial charge in [-0.3, -0.25) is 4.79 Å². The molecule has 0 radical (unpaired) electrons. The van der Waals surface area contributed by atoms with Gasteiger partial charge in [-0.25, -0.2) is 4.98 Å². The number of anilines is 1. The van der Waals surface area contributed by atoms with E-state index in [0.29, 0.717) is 38.0 Å². The zero-order valence-electron chi connectivity index (χ0n) is 22.0. The number of carbonyl (C=O) groups excluding carboxylic acids is 1. The highest BCUT2D eigenvalue weighted by atomic mass is 16.5. The SMILES string of the molecule is COC1CN(C(=O)Cc2cnc(OCC[C@@H]3C[C@@H]3C3CCN(c4nc(C(C)C)no4)CC3)c(C)c2)C1. The number of aromatic nitrogens is 3. The first-order chi connectivity index (χ1) is 17.4. The van der Waals surface area contributed by atoms with Crippen molar-refractivity contribution in [2.75, 3.05) is 44.8 Å². The molecule has 2 saturated heterocycles. The largest absolute Gasteiger partial charge is 0.477 e. The van der Waals surface area contributed by atoms with Gasteiger partial charge in [0.15, 0.2) is 5.82 Å². The smallest absolute Gasteiger partial charge is 0.324 e. The van der Waals surface area contributed by atoms with Gasteiger partial charge in [-0.1, -0.05) is 19.0 Å². The predicted molar refractivity (Wildman–Crippen MR) is 135 cm³/mol. The highest BCUT2D eigenvalue weighted by molar-refractivity contribution is 5.79. The third-order valence-electron chi connectivity index (χ3n) is 8.04. The van der Waals surface area contributed by atoms with Crippen LogP contribution in [0.4, 0.5) is 6.01 Å². The number of carbonyl (C=O) groups is 1. The van der Waals surface area contributed by atoms with Gasteiger partial charge in [-0.15, -0.1) is 0 Å². The molecule has 36 heavy (non-hydrogen) atoms.